The van der Waals surface area contributed by atoms with E-state index in [1.165, 1.54) is 0 Å². The van der Waals surface area contributed by atoms with E-state index in [1.54, 1.807) is 30.3 Å². The lowest BCUT2D eigenvalue weighted by Crippen LogP contribution is -2.06. The molecule has 3 rings (SSSR count). The largest absolute Gasteiger partial charge is 0.218 e. The van der Waals surface area contributed by atoms with E-state index in [4.69, 9.17) is 0 Å². The first-order valence-corrected chi connectivity index (χ1v) is 10.9. The lowest BCUT2D eigenvalue weighted by atomic mass is 10.0. The third-order valence-electron chi connectivity index (χ3n) is 4.50. The van der Waals surface area contributed by atoms with Gasteiger partial charge in [-0.2, -0.15) is 0 Å². The van der Waals surface area contributed by atoms with Crippen LogP contribution in [0.1, 0.15) is 29.5 Å². The Morgan fingerprint density at radius 2 is 1.45 bits per heavy atom. The van der Waals surface area contributed by atoms with E-state index in [0.29, 0.717) is 5.56 Å². The van der Waals surface area contributed by atoms with Crippen molar-refractivity contribution >= 4 is 14.7 Å². The van der Waals surface area contributed by atoms with Crippen LogP contribution in [0.3, 0.4) is 0 Å². The highest BCUT2D eigenvalue weighted by Crippen LogP contribution is 2.29. The molecule has 3 aromatic carbocycles. The molecule has 0 atom stereocenters. The smallest absolute Gasteiger partial charge is 0.214 e. The number of aryl methyl sites for hydroxylation is 1. The average Bonchev–Trinajstić information content (AvgIpc) is 2.76. The van der Waals surface area contributed by atoms with Gasteiger partial charge in [-0.05, 0) is 42.7 Å². The molecule has 0 unspecified atom stereocenters. The van der Waals surface area contributed by atoms with Gasteiger partial charge in [-0.25, -0.2) is 8.42 Å². The Kier molecular flexibility index (Phi) is 6.87. The van der Waals surface area contributed by atoms with Crippen LogP contribution in [-0.4, -0.2) is 8.42 Å². The molecule has 3 aromatic rings. The van der Waals surface area contributed by atoms with Gasteiger partial charge in [0.2, 0.25) is 9.84 Å². The number of rotatable bonds is 6. The third kappa shape index (κ3) is 5.15. The van der Waals surface area contributed by atoms with Crippen LogP contribution in [0.5, 0.6) is 0 Å². The van der Waals surface area contributed by atoms with E-state index in [-0.39, 0.29) is 9.80 Å². The monoisotopic (exact) mass is 398 g/mol. The number of hydrogen-bond acceptors (Lipinski definition) is 2. The van der Waals surface area contributed by atoms with Crippen molar-refractivity contribution in [1.29, 1.82) is 0 Å². The summed E-state index contributed by atoms with van der Waals surface area (Å²) in [5.41, 5.74) is 5.28. The van der Waals surface area contributed by atoms with Crippen molar-refractivity contribution in [2.24, 2.45) is 0 Å². The second-order valence-corrected chi connectivity index (χ2v) is 8.39. The maximum Gasteiger partial charge on any atom is 0.214 e. The summed E-state index contributed by atoms with van der Waals surface area (Å²) < 4.78 is 26.2. The van der Waals surface area contributed by atoms with E-state index >= 15 is 0 Å². The molecule has 0 aromatic heterocycles. The summed E-state index contributed by atoms with van der Waals surface area (Å²) in [4.78, 5) is 0.365. The summed E-state index contributed by atoms with van der Waals surface area (Å²) in [6.07, 6.45) is 2.31. The molecule has 0 fully saturated rings. The van der Waals surface area contributed by atoms with Crippen molar-refractivity contribution in [1.82, 2.24) is 0 Å². The Bertz CT molecular complexity index is 1180. The van der Waals surface area contributed by atoms with E-state index in [9.17, 15) is 8.42 Å². The Labute approximate surface area is 173 Å². The lowest BCUT2D eigenvalue weighted by Gasteiger charge is -2.12. The van der Waals surface area contributed by atoms with Crippen LogP contribution in [0.4, 0.5) is 0 Å². The molecule has 0 aliphatic carbocycles. The van der Waals surface area contributed by atoms with Gasteiger partial charge < -0.3 is 0 Å². The first kappa shape index (κ1) is 20.4. The summed E-state index contributed by atoms with van der Waals surface area (Å²) in [5, 5.41) is 0. The zero-order valence-corrected chi connectivity index (χ0v) is 17.0. The van der Waals surface area contributed by atoms with E-state index in [2.05, 4.69) is 24.2 Å². The fourth-order valence-corrected chi connectivity index (χ4v) is 4.50. The molecule has 0 radical (unpaired) electrons. The van der Waals surface area contributed by atoms with E-state index in [1.807, 2.05) is 54.6 Å². The molecule has 0 N–H and O–H groups in total. The van der Waals surface area contributed by atoms with Crippen molar-refractivity contribution in [3.63, 3.8) is 0 Å². The van der Waals surface area contributed by atoms with Crippen LogP contribution < -0.4 is 0 Å². The zero-order chi connectivity index (χ0) is 20.5. The fraction of sp³-hybridized carbons (Fsp3) is 0.115. The molecule has 0 saturated heterocycles. The van der Waals surface area contributed by atoms with Crippen LogP contribution in [-0.2, 0) is 16.3 Å². The second kappa shape index (κ2) is 9.75. The highest BCUT2D eigenvalue weighted by atomic mass is 32.2. The minimum absolute atomic E-state index is 0.120. The molecule has 0 aliphatic heterocycles. The van der Waals surface area contributed by atoms with Gasteiger partial charge in [0.05, 0.1) is 4.90 Å². The highest BCUT2D eigenvalue weighted by molar-refractivity contribution is 8.00. The quantitative estimate of drug-likeness (QED) is 0.305. The molecular weight excluding hydrogens is 376 g/mol. The molecule has 3 heteroatoms. The van der Waals surface area contributed by atoms with E-state index < -0.39 is 9.84 Å². The molecule has 29 heavy (non-hydrogen) atoms. The van der Waals surface area contributed by atoms with Gasteiger partial charge in [0.25, 0.3) is 0 Å². The highest BCUT2D eigenvalue weighted by Gasteiger charge is 2.23. The maximum absolute atomic E-state index is 13.1. The van der Waals surface area contributed by atoms with Crippen LogP contribution in [0.15, 0.2) is 102 Å². The molecule has 0 amide bonds. The Balaban J connectivity index is 1.78. The summed E-state index contributed by atoms with van der Waals surface area (Å²) >= 11 is 0. The Morgan fingerprint density at radius 3 is 2.14 bits per heavy atom. The predicted molar refractivity (Wildman–Crippen MR) is 119 cm³/mol. The number of unbranched alkanes of at least 4 members (excludes halogenated alkanes) is 1. The van der Waals surface area contributed by atoms with Gasteiger partial charge in [-0.15, -0.1) is 5.73 Å². The Morgan fingerprint density at radius 1 is 0.828 bits per heavy atom. The number of benzene rings is 3. The van der Waals surface area contributed by atoms with Crippen LogP contribution >= 0.6 is 0 Å². The van der Waals surface area contributed by atoms with Gasteiger partial charge in [0.1, 0.15) is 4.91 Å². The SMILES string of the molecule is C=C=C(c1ccccc1CCCC#Cc1ccccc1)S(=O)(=O)c1ccccc1. The van der Waals surface area contributed by atoms with Crippen molar-refractivity contribution < 1.29 is 8.42 Å². The zero-order valence-electron chi connectivity index (χ0n) is 16.1. The fourth-order valence-electron chi connectivity index (χ4n) is 3.07. The molecule has 0 spiro atoms. The van der Waals surface area contributed by atoms with Gasteiger partial charge in [0.15, 0.2) is 0 Å². The van der Waals surface area contributed by atoms with Crippen LogP contribution in [0.25, 0.3) is 4.91 Å². The van der Waals surface area contributed by atoms with E-state index in [0.717, 1.165) is 30.4 Å². The second-order valence-electron chi connectivity index (χ2n) is 6.50. The summed E-state index contributed by atoms with van der Waals surface area (Å²) in [6.45, 7) is 3.65. The van der Waals surface area contributed by atoms with Crippen molar-refractivity contribution in [3.05, 3.63) is 114 Å². The van der Waals surface area contributed by atoms with Crippen molar-refractivity contribution in [2.75, 3.05) is 0 Å². The molecule has 2 nitrogen and oxygen atoms in total. The predicted octanol–water partition coefficient (Wildman–Crippen LogP) is 5.66. The Hall–Kier alpha value is -3.31. The molecule has 144 valence electrons. The third-order valence-corrected chi connectivity index (χ3v) is 6.29. The topological polar surface area (TPSA) is 34.1 Å². The normalized spacial score (nSPS) is 10.5. The first-order valence-electron chi connectivity index (χ1n) is 9.45. The first-order chi connectivity index (χ1) is 14.1. The maximum atomic E-state index is 13.1. The van der Waals surface area contributed by atoms with Gasteiger partial charge in [-0.3, -0.25) is 0 Å². The van der Waals surface area contributed by atoms with Crippen molar-refractivity contribution in [2.45, 2.75) is 24.2 Å². The summed E-state index contributed by atoms with van der Waals surface area (Å²) in [6, 6.07) is 25.8. The number of sulfone groups is 1. The van der Waals surface area contributed by atoms with Gasteiger partial charge >= 0.3 is 0 Å². The molecular formula is C26H22O2S. The number of hydrogen-bond donors (Lipinski definition) is 0. The molecule has 0 saturated carbocycles. The average molecular weight is 399 g/mol. The minimum Gasteiger partial charge on any atom is -0.218 e. The van der Waals surface area contributed by atoms with Crippen molar-refractivity contribution in [3.8, 4) is 11.8 Å². The lowest BCUT2D eigenvalue weighted by molar-refractivity contribution is 0.606. The summed E-state index contributed by atoms with van der Waals surface area (Å²) in [7, 11) is -3.68. The van der Waals surface area contributed by atoms with Gasteiger partial charge in [-0.1, -0.05) is 79.1 Å². The summed E-state index contributed by atoms with van der Waals surface area (Å²) in [5.74, 6) is 6.34. The molecule has 0 heterocycles. The molecule has 0 bridgehead atoms. The van der Waals surface area contributed by atoms with Crippen LogP contribution in [0, 0.1) is 11.8 Å². The minimum atomic E-state index is -3.68. The van der Waals surface area contributed by atoms with Gasteiger partial charge in [0, 0.05) is 17.5 Å². The standard InChI is InChI=1S/C26H22O2S/c1-2-26(29(27,28)24-19-10-5-11-20-24)25-21-13-12-18-23(25)17-9-4-8-16-22-14-6-3-7-15-22/h3,5-7,10-15,18-21H,1,4,9,17H2. The van der Waals surface area contributed by atoms with Crippen LogP contribution in [0.2, 0.25) is 0 Å². The molecule has 0 aliphatic rings.